The Morgan fingerprint density at radius 1 is 0.812 bits per heavy atom. The molecule has 0 radical (unpaired) electrons. The fourth-order valence-electron chi connectivity index (χ4n) is 1.36. The van der Waals surface area contributed by atoms with E-state index in [4.69, 9.17) is 19.5 Å². The van der Waals surface area contributed by atoms with Crippen LogP contribution < -0.4 is 0 Å². The summed E-state index contributed by atoms with van der Waals surface area (Å²) in [5.41, 5.74) is 0. The predicted octanol–water partition coefficient (Wildman–Crippen LogP) is -2.19. The van der Waals surface area contributed by atoms with Crippen LogP contribution in [0.2, 0.25) is 0 Å². The van der Waals surface area contributed by atoms with Gasteiger partial charge in [0.1, 0.15) is 0 Å². The van der Waals surface area contributed by atoms with E-state index in [1.54, 1.807) is 0 Å². The lowest BCUT2D eigenvalue weighted by Crippen LogP contribution is -2.62. The van der Waals surface area contributed by atoms with Gasteiger partial charge in [-0.3, -0.25) is 9.11 Å². The third-order valence-corrected chi connectivity index (χ3v) is 4.40. The van der Waals surface area contributed by atoms with Gasteiger partial charge in [0.05, 0.1) is 0 Å². The van der Waals surface area contributed by atoms with E-state index in [0.717, 1.165) is 0 Å². The highest BCUT2D eigenvalue weighted by Gasteiger charge is 2.50. The summed E-state index contributed by atoms with van der Waals surface area (Å²) in [6.45, 7) is -0.847. The van der Waals surface area contributed by atoms with Crippen LogP contribution >= 0.6 is 0 Å². The molecule has 4 N–H and O–H groups in total. The number of hydroxylamine groups is 4. The normalized spacial score (nSPS) is 30.5. The fourth-order valence-corrected chi connectivity index (χ4v) is 3.89. The van der Waals surface area contributed by atoms with Gasteiger partial charge in [-0.1, -0.05) is 0 Å². The molecule has 1 heterocycles. The smallest absolute Gasteiger partial charge is 0.286 e. The maximum absolute atomic E-state index is 10.8. The Hall–Kier alpha value is -0.340. The van der Waals surface area contributed by atoms with Crippen molar-refractivity contribution in [2.24, 2.45) is 0 Å². The van der Waals surface area contributed by atoms with Crippen LogP contribution in [0.25, 0.3) is 0 Å². The van der Waals surface area contributed by atoms with Crippen LogP contribution in [0.4, 0.5) is 0 Å². The molecule has 12 heteroatoms. The van der Waals surface area contributed by atoms with Crippen molar-refractivity contribution in [3.05, 3.63) is 0 Å². The summed E-state index contributed by atoms with van der Waals surface area (Å²) in [5.74, 6) is 0. The second kappa shape index (κ2) is 4.15. The first-order valence-electron chi connectivity index (χ1n) is 3.89. The van der Waals surface area contributed by atoms with E-state index in [9.17, 15) is 16.8 Å². The summed E-state index contributed by atoms with van der Waals surface area (Å²) in [4.78, 5) is 0. The fraction of sp³-hybridized carbons (Fsp3) is 1.00. The molecular weight excluding hydrogens is 268 g/mol. The summed E-state index contributed by atoms with van der Waals surface area (Å²) in [6.07, 6.45) is 0. The number of rotatable bonds is 2. The van der Waals surface area contributed by atoms with Gasteiger partial charge in [0.25, 0.3) is 20.2 Å². The number of piperazine rings is 1. The van der Waals surface area contributed by atoms with Crippen molar-refractivity contribution >= 4 is 20.2 Å². The van der Waals surface area contributed by atoms with Crippen molar-refractivity contribution in [1.29, 1.82) is 0 Å². The number of nitrogens with zero attached hydrogens (tertiary/aromatic N) is 2. The highest BCUT2D eigenvalue weighted by molar-refractivity contribution is 7.90. The third-order valence-electron chi connectivity index (χ3n) is 2.00. The maximum atomic E-state index is 10.8. The Morgan fingerprint density at radius 3 is 1.25 bits per heavy atom. The number of hydrogen-bond donors (Lipinski definition) is 4. The van der Waals surface area contributed by atoms with E-state index in [0.29, 0.717) is 0 Å². The Labute approximate surface area is 91.1 Å². The van der Waals surface area contributed by atoms with Crippen molar-refractivity contribution < 1.29 is 36.4 Å². The van der Waals surface area contributed by atoms with Crippen LogP contribution in [0.3, 0.4) is 0 Å². The van der Waals surface area contributed by atoms with Crippen LogP contribution in [0, 0.1) is 0 Å². The zero-order valence-electron chi connectivity index (χ0n) is 7.70. The van der Waals surface area contributed by atoms with Crippen LogP contribution in [0.15, 0.2) is 0 Å². The molecule has 10 nitrogen and oxygen atoms in total. The lowest BCUT2D eigenvalue weighted by atomic mass is 10.4. The molecule has 2 atom stereocenters. The monoisotopic (exact) mass is 278 g/mol. The Balaban J connectivity index is 3.26. The Morgan fingerprint density at radius 2 is 1.06 bits per heavy atom. The number of hydrogen-bond acceptors (Lipinski definition) is 8. The maximum Gasteiger partial charge on any atom is 0.286 e. The molecule has 16 heavy (non-hydrogen) atoms. The molecule has 0 aromatic carbocycles. The summed E-state index contributed by atoms with van der Waals surface area (Å²) in [7, 11) is -10.0. The molecule has 96 valence electrons. The zero-order chi connectivity index (χ0) is 12.7. The minimum atomic E-state index is -5.01. The van der Waals surface area contributed by atoms with Crippen molar-refractivity contribution in [3.8, 4) is 0 Å². The van der Waals surface area contributed by atoms with Crippen LogP contribution in [-0.2, 0) is 20.2 Å². The summed E-state index contributed by atoms with van der Waals surface area (Å²) in [5, 5.41) is 13.6. The van der Waals surface area contributed by atoms with Gasteiger partial charge in [0.2, 0.25) is 0 Å². The molecule has 0 aromatic rings. The van der Waals surface area contributed by atoms with Gasteiger partial charge in [-0.15, -0.1) is 0 Å². The summed E-state index contributed by atoms with van der Waals surface area (Å²) < 4.78 is 60.8. The molecule has 1 fully saturated rings. The third kappa shape index (κ3) is 2.67. The standard InChI is InChI=1S/C4H10N2O8S2/c7-5-1-2-6(8)4(16(12,13)14)3(5)15(9,10)11/h3-4,7-8H,1-2H2,(H,9,10,11)(H,12,13,14). The minimum absolute atomic E-state index is 0.0144. The lowest BCUT2D eigenvalue weighted by molar-refractivity contribution is -0.207. The molecule has 0 aromatic heterocycles. The lowest BCUT2D eigenvalue weighted by Gasteiger charge is -2.37. The van der Waals surface area contributed by atoms with E-state index in [-0.39, 0.29) is 10.1 Å². The predicted molar refractivity (Wildman–Crippen MR) is 47.7 cm³/mol. The SMILES string of the molecule is O=S(=O)(O)C1C(S(=O)(=O)O)N(O)CCN1O. The average molecular weight is 278 g/mol. The van der Waals surface area contributed by atoms with E-state index in [2.05, 4.69) is 0 Å². The quantitative estimate of drug-likeness (QED) is 0.409. The molecule has 2 unspecified atom stereocenters. The molecule has 0 amide bonds. The highest BCUT2D eigenvalue weighted by atomic mass is 32.2. The second-order valence-corrected chi connectivity index (χ2v) is 6.16. The first-order valence-corrected chi connectivity index (χ1v) is 6.89. The minimum Gasteiger partial charge on any atom is -0.312 e. The molecule has 1 rings (SSSR count). The summed E-state index contributed by atoms with van der Waals surface area (Å²) in [6, 6.07) is 0. The molecule has 1 saturated heterocycles. The zero-order valence-corrected chi connectivity index (χ0v) is 9.33. The van der Waals surface area contributed by atoms with Gasteiger partial charge >= 0.3 is 0 Å². The average Bonchev–Trinajstić information content (AvgIpc) is 2.04. The second-order valence-electron chi connectivity index (χ2n) is 3.14. The van der Waals surface area contributed by atoms with Crippen molar-refractivity contribution in [2.75, 3.05) is 13.1 Å². The largest absolute Gasteiger partial charge is 0.312 e. The van der Waals surface area contributed by atoms with E-state index >= 15 is 0 Å². The Kier molecular flexibility index (Phi) is 3.56. The van der Waals surface area contributed by atoms with Crippen molar-refractivity contribution in [1.82, 2.24) is 10.1 Å². The first-order chi connectivity index (χ1) is 7.05. The van der Waals surface area contributed by atoms with Gasteiger partial charge in [-0.2, -0.15) is 27.0 Å². The van der Waals surface area contributed by atoms with Crippen LogP contribution in [-0.4, -0.2) is 70.3 Å². The first kappa shape index (κ1) is 13.7. The van der Waals surface area contributed by atoms with E-state index in [1.165, 1.54) is 0 Å². The van der Waals surface area contributed by atoms with E-state index < -0.39 is 44.1 Å². The molecule has 1 aliphatic rings. The topological polar surface area (TPSA) is 156 Å². The molecular formula is C4H10N2O8S2. The van der Waals surface area contributed by atoms with Crippen LogP contribution in [0.5, 0.6) is 0 Å². The molecule has 1 aliphatic heterocycles. The molecule has 0 spiro atoms. The Bertz CT molecular complexity index is 412. The van der Waals surface area contributed by atoms with Gasteiger partial charge in [0.15, 0.2) is 10.7 Å². The van der Waals surface area contributed by atoms with E-state index in [1.807, 2.05) is 0 Å². The van der Waals surface area contributed by atoms with Crippen molar-refractivity contribution in [2.45, 2.75) is 10.7 Å². The van der Waals surface area contributed by atoms with Gasteiger partial charge < -0.3 is 10.4 Å². The molecule has 0 bridgehead atoms. The molecule has 0 saturated carbocycles. The summed E-state index contributed by atoms with van der Waals surface area (Å²) >= 11 is 0. The van der Waals surface area contributed by atoms with Gasteiger partial charge in [-0.25, -0.2) is 0 Å². The van der Waals surface area contributed by atoms with Gasteiger partial charge in [-0.05, 0) is 0 Å². The van der Waals surface area contributed by atoms with Gasteiger partial charge in [0, 0.05) is 13.1 Å². The van der Waals surface area contributed by atoms with Crippen LogP contribution in [0.1, 0.15) is 0 Å². The molecule has 0 aliphatic carbocycles. The highest BCUT2D eigenvalue weighted by Crippen LogP contribution is 2.22. The van der Waals surface area contributed by atoms with Crippen molar-refractivity contribution in [3.63, 3.8) is 0 Å².